The van der Waals surface area contributed by atoms with Crippen molar-refractivity contribution in [1.29, 1.82) is 0 Å². The maximum atomic E-state index is 12.4. The number of carbonyl (C=O) groups is 2. The molecule has 2 amide bonds. The normalized spacial score (nSPS) is 17.8. The third-order valence-electron chi connectivity index (χ3n) is 4.89. The molecule has 0 N–H and O–H groups in total. The monoisotopic (exact) mass is 351 g/mol. The van der Waals surface area contributed by atoms with Gasteiger partial charge in [-0.1, -0.05) is 18.7 Å². The van der Waals surface area contributed by atoms with Crippen LogP contribution in [0.3, 0.4) is 0 Å². The van der Waals surface area contributed by atoms with Crippen molar-refractivity contribution in [2.45, 2.75) is 20.3 Å². The van der Waals surface area contributed by atoms with Crippen molar-refractivity contribution in [3.05, 3.63) is 54.2 Å². The van der Waals surface area contributed by atoms with Gasteiger partial charge in [0.05, 0.1) is 5.52 Å². The smallest absolute Gasteiger partial charge is 0.248 e. The lowest BCUT2D eigenvalue weighted by Crippen LogP contribution is -2.37. The average Bonchev–Trinajstić information content (AvgIpc) is 2.83. The Morgan fingerprint density at radius 3 is 2.62 bits per heavy atom. The van der Waals surface area contributed by atoms with Crippen molar-refractivity contribution in [2.75, 3.05) is 26.2 Å². The highest BCUT2D eigenvalue weighted by molar-refractivity contribution is 5.92. The summed E-state index contributed by atoms with van der Waals surface area (Å²) in [6.07, 6.45) is 2.60. The first-order valence-corrected chi connectivity index (χ1v) is 8.98. The minimum absolute atomic E-state index is 0.0249. The molecule has 2 heterocycles. The molecule has 1 atom stereocenters. The molecule has 1 unspecified atom stereocenters. The molecule has 5 nitrogen and oxygen atoms in total. The number of benzene rings is 1. The van der Waals surface area contributed by atoms with Crippen LogP contribution in [0.5, 0.6) is 0 Å². The maximum Gasteiger partial charge on any atom is 0.248 e. The van der Waals surface area contributed by atoms with Gasteiger partial charge in [-0.3, -0.25) is 14.6 Å². The molecule has 1 aromatic carbocycles. The van der Waals surface area contributed by atoms with Gasteiger partial charge in [-0.25, -0.2) is 0 Å². The maximum absolute atomic E-state index is 12.4. The molecule has 0 aliphatic carbocycles. The minimum atomic E-state index is -0.0249. The van der Waals surface area contributed by atoms with Crippen LogP contribution in [0.15, 0.2) is 48.7 Å². The van der Waals surface area contributed by atoms with Crippen molar-refractivity contribution >= 4 is 22.7 Å². The molecule has 5 heteroatoms. The number of pyridine rings is 1. The van der Waals surface area contributed by atoms with Crippen LogP contribution in [0.2, 0.25) is 0 Å². The number of nitrogens with zero attached hydrogens (tertiary/aromatic N) is 3. The standard InChI is InChI=1S/C21H25N3O2/c1-15(2)21(26)24-10-9-23(16(3)25)13-18(14-24)11-17-6-7-20-19(12-17)5-4-8-22-20/h4-8,12,18H,1,9-11,13-14H2,2-3H3. The van der Waals surface area contributed by atoms with E-state index in [2.05, 4.69) is 29.8 Å². The Morgan fingerprint density at radius 2 is 1.88 bits per heavy atom. The molecule has 1 aliphatic rings. The zero-order valence-corrected chi connectivity index (χ0v) is 15.4. The summed E-state index contributed by atoms with van der Waals surface area (Å²) >= 11 is 0. The molecule has 2 aromatic rings. The molecular formula is C21H25N3O2. The van der Waals surface area contributed by atoms with E-state index >= 15 is 0 Å². The second kappa shape index (κ2) is 7.68. The lowest BCUT2D eigenvalue weighted by atomic mass is 9.97. The predicted molar refractivity (Wildman–Crippen MR) is 103 cm³/mol. The van der Waals surface area contributed by atoms with Gasteiger partial charge < -0.3 is 9.80 Å². The Hall–Kier alpha value is -2.69. The zero-order valence-electron chi connectivity index (χ0n) is 15.4. The first kappa shape index (κ1) is 18.1. The average molecular weight is 351 g/mol. The number of rotatable bonds is 3. The third kappa shape index (κ3) is 4.10. The summed E-state index contributed by atoms with van der Waals surface area (Å²) in [4.78, 5) is 32.4. The summed E-state index contributed by atoms with van der Waals surface area (Å²) in [5.74, 6) is 0.226. The Kier molecular flexibility index (Phi) is 5.35. The van der Waals surface area contributed by atoms with Crippen molar-refractivity contribution < 1.29 is 9.59 Å². The molecular weight excluding hydrogens is 326 g/mol. The number of hydrogen-bond donors (Lipinski definition) is 0. The van der Waals surface area contributed by atoms with E-state index in [9.17, 15) is 9.59 Å². The number of carbonyl (C=O) groups excluding carboxylic acids is 2. The van der Waals surface area contributed by atoms with Gasteiger partial charge in [0.15, 0.2) is 0 Å². The third-order valence-corrected chi connectivity index (χ3v) is 4.89. The Morgan fingerprint density at radius 1 is 1.15 bits per heavy atom. The Balaban J connectivity index is 1.82. The number of hydrogen-bond acceptors (Lipinski definition) is 3. The highest BCUT2D eigenvalue weighted by Crippen LogP contribution is 2.20. The quantitative estimate of drug-likeness (QED) is 0.799. The van der Waals surface area contributed by atoms with E-state index in [0.717, 1.165) is 17.3 Å². The number of aromatic nitrogens is 1. The lowest BCUT2D eigenvalue weighted by Gasteiger charge is -2.24. The molecule has 1 aliphatic heterocycles. The van der Waals surface area contributed by atoms with E-state index < -0.39 is 0 Å². The van der Waals surface area contributed by atoms with Crippen molar-refractivity contribution in [2.24, 2.45) is 5.92 Å². The predicted octanol–water partition coefficient (Wildman–Crippen LogP) is 2.66. The van der Waals surface area contributed by atoms with E-state index in [1.54, 1.807) is 20.0 Å². The van der Waals surface area contributed by atoms with Crippen LogP contribution < -0.4 is 0 Å². The van der Waals surface area contributed by atoms with Gasteiger partial charge in [0.2, 0.25) is 11.8 Å². The van der Waals surface area contributed by atoms with E-state index in [-0.39, 0.29) is 17.7 Å². The molecule has 1 saturated heterocycles. The van der Waals surface area contributed by atoms with Crippen LogP contribution in [-0.4, -0.2) is 52.8 Å². The molecule has 0 saturated carbocycles. The lowest BCUT2D eigenvalue weighted by molar-refractivity contribution is -0.130. The van der Waals surface area contributed by atoms with Crippen molar-refractivity contribution in [3.8, 4) is 0 Å². The molecule has 0 bridgehead atoms. The van der Waals surface area contributed by atoms with Crippen LogP contribution in [0.25, 0.3) is 10.9 Å². The molecule has 1 aromatic heterocycles. The van der Waals surface area contributed by atoms with E-state index in [0.29, 0.717) is 31.8 Å². The van der Waals surface area contributed by atoms with E-state index in [1.165, 1.54) is 5.56 Å². The fourth-order valence-electron chi connectivity index (χ4n) is 3.56. The van der Waals surface area contributed by atoms with Gasteiger partial charge in [0.25, 0.3) is 0 Å². The summed E-state index contributed by atoms with van der Waals surface area (Å²) in [5.41, 5.74) is 2.71. The zero-order chi connectivity index (χ0) is 18.7. The first-order valence-electron chi connectivity index (χ1n) is 8.98. The minimum Gasteiger partial charge on any atom is -0.341 e. The molecule has 0 spiro atoms. The molecule has 136 valence electrons. The summed E-state index contributed by atoms with van der Waals surface area (Å²) in [5, 5.41) is 1.11. The fourth-order valence-corrected chi connectivity index (χ4v) is 3.56. The first-order chi connectivity index (χ1) is 12.4. The molecule has 3 rings (SSSR count). The van der Waals surface area contributed by atoms with Gasteiger partial charge in [-0.05, 0) is 43.0 Å². The van der Waals surface area contributed by atoms with Crippen molar-refractivity contribution in [1.82, 2.24) is 14.8 Å². The van der Waals surface area contributed by atoms with Gasteiger partial charge >= 0.3 is 0 Å². The summed E-state index contributed by atoms with van der Waals surface area (Å²) in [6.45, 7) is 9.55. The summed E-state index contributed by atoms with van der Waals surface area (Å²) in [6, 6.07) is 10.3. The van der Waals surface area contributed by atoms with Crippen molar-refractivity contribution in [3.63, 3.8) is 0 Å². The van der Waals surface area contributed by atoms with Crippen LogP contribution >= 0.6 is 0 Å². The molecule has 0 radical (unpaired) electrons. The molecule has 26 heavy (non-hydrogen) atoms. The highest BCUT2D eigenvalue weighted by Gasteiger charge is 2.27. The second-order valence-electron chi connectivity index (χ2n) is 7.10. The van der Waals surface area contributed by atoms with E-state index in [4.69, 9.17) is 0 Å². The highest BCUT2D eigenvalue weighted by atomic mass is 16.2. The van der Waals surface area contributed by atoms with Crippen LogP contribution in [0, 0.1) is 5.92 Å². The Bertz CT molecular complexity index is 846. The molecule has 1 fully saturated rings. The van der Waals surface area contributed by atoms with Gasteiger partial charge in [-0.2, -0.15) is 0 Å². The van der Waals surface area contributed by atoms with Gasteiger partial charge in [0, 0.05) is 50.3 Å². The summed E-state index contributed by atoms with van der Waals surface area (Å²) < 4.78 is 0. The number of fused-ring (bicyclic) bond motifs is 1. The van der Waals surface area contributed by atoms with Crippen LogP contribution in [-0.2, 0) is 16.0 Å². The van der Waals surface area contributed by atoms with E-state index in [1.807, 2.05) is 21.9 Å². The van der Waals surface area contributed by atoms with Crippen LogP contribution in [0.4, 0.5) is 0 Å². The topological polar surface area (TPSA) is 53.5 Å². The summed E-state index contributed by atoms with van der Waals surface area (Å²) in [7, 11) is 0. The largest absolute Gasteiger partial charge is 0.341 e. The van der Waals surface area contributed by atoms with Crippen LogP contribution in [0.1, 0.15) is 19.4 Å². The Labute approximate surface area is 154 Å². The SMILES string of the molecule is C=C(C)C(=O)N1CCN(C(C)=O)CC(Cc2ccc3ncccc3c2)C1. The van der Waals surface area contributed by atoms with Gasteiger partial charge in [-0.15, -0.1) is 0 Å². The van der Waals surface area contributed by atoms with Gasteiger partial charge in [0.1, 0.15) is 0 Å². The fraction of sp³-hybridized carbons (Fsp3) is 0.381. The number of amides is 2. The second-order valence-corrected chi connectivity index (χ2v) is 7.10.